The lowest BCUT2D eigenvalue weighted by atomic mass is 10.00. The summed E-state index contributed by atoms with van der Waals surface area (Å²) in [6, 6.07) is 11.2. The maximum Gasteiger partial charge on any atom is 0.347 e. The van der Waals surface area contributed by atoms with Crippen molar-refractivity contribution in [2.75, 3.05) is 25.1 Å². The highest BCUT2D eigenvalue weighted by molar-refractivity contribution is 6.31. The second kappa shape index (κ2) is 9.54. The van der Waals surface area contributed by atoms with Gasteiger partial charge < -0.3 is 14.8 Å². The lowest BCUT2D eigenvalue weighted by Crippen LogP contribution is -2.23. The minimum absolute atomic E-state index is 0.0883. The van der Waals surface area contributed by atoms with Gasteiger partial charge >= 0.3 is 11.9 Å². The summed E-state index contributed by atoms with van der Waals surface area (Å²) < 4.78 is 24.6. The highest BCUT2D eigenvalue weighted by Crippen LogP contribution is 2.29. The number of ether oxygens (including phenoxy) is 2. The molecule has 6 nitrogen and oxygen atoms in total. The lowest BCUT2D eigenvalue weighted by Gasteiger charge is -2.14. The third-order valence-corrected chi connectivity index (χ3v) is 4.54. The molecule has 0 aliphatic carbocycles. The number of carbonyl (C=O) groups is 2. The normalized spacial score (nSPS) is 12.8. The fourth-order valence-corrected chi connectivity index (χ4v) is 3.20. The Balaban J connectivity index is 2.20. The zero-order valence-electron chi connectivity index (χ0n) is 16.5. The fourth-order valence-electron chi connectivity index (χ4n) is 3.03. The molecule has 0 saturated heterocycles. The number of halogens is 2. The second-order valence-corrected chi connectivity index (χ2v) is 6.69. The summed E-state index contributed by atoms with van der Waals surface area (Å²) >= 11 is 6.17. The first-order chi connectivity index (χ1) is 14.5. The summed E-state index contributed by atoms with van der Waals surface area (Å²) in [4.78, 5) is 29.5. The van der Waals surface area contributed by atoms with Gasteiger partial charge in [-0.2, -0.15) is 0 Å². The number of fused-ring (bicyclic) bond motifs is 1. The number of carbonyl (C=O) groups excluding carboxylic acids is 2. The van der Waals surface area contributed by atoms with Gasteiger partial charge in [-0.25, -0.2) is 14.0 Å². The topological polar surface area (TPSA) is 77.0 Å². The van der Waals surface area contributed by atoms with E-state index in [9.17, 15) is 14.0 Å². The van der Waals surface area contributed by atoms with E-state index < -0.39 is 17.8 Å². The van der Waals surface area contributed by atoms with Gasteiger partial charge in [0.1, 0.15) is 5.82 Å². The third-order valence-electron chi connectivity index (χ3n) is 4.31. The van der Waals surface area contributed by atoms with Gasteiger partial charge in [0.25, 0.3) is 0 Å². The summed E-state index contributed by atoms with van der Waals surface area (Å²) in [5.74, 6) is -2.09. The molecule has 30 heavy (non-hydrogen) atoms. The van der Waals surface area contributed by atoms with Gasteiger partial charge in [-0.15, -0.1) is 0 Å². The molecule has 0 atom stereocenters. The van der Waals surface area contributed by atoms with E-state index in [4.69, 9.17) is 21.1 Å². The average Bonchev–Trinajstić information content (AvgIpc) is 2.88. The number of nitrogens with one attached hydrogen (secondary N) is 1. The van der Waals surface area contributed by atoms with Gasteiger partial charge in [-0.05, 0) is 44.2 Å². The van der Waals surface area contributed by atoms with Crippen molar-refractivity contribution >= 4 is 34.9 Å². The minimum Gasteiger partial charge on any atom is -0.462 e. The zero-order valence-corrected chi connectivity index (χ0v) is 17.3. The van der Waals surface area contributed by atoms with Crippen LogP contribution in [0.2, 0.25) is 5.02 Å². The first-order valence-corrected chi connectivity index (χ1v) is 9.77. The minimum atomic E-state index is -0.821. The summed E-state index contributed by atoms with van der Waals surface area (Å²) in [5, 5.41) is 3.50. The van der Waals surface area contributed by atoms with E-state index in [0.29, 0.717) is 22.0 Å². The molecule has 1 aliphatic rings. The van der Waals surface area contributed by atoms with Crippen molar-refractivity contribution < 1.29 is 23.5 Å². The Morgan fingerprint density at radius 3 is 2.37 bits per heavy atom. The Morgan fingerprint density at radius 1 is 1.07 bits per heavy atom. The molecule has 0 spiro atoms. The van der Waals surface area contributed by atoms with Crippen molar-refractivity contribution in [3.8, 4) is 0 Å². The fraction of sp³-hybridized carbons (Fsp3) is 0.227. The van der Waals surface area contributed by atoms with E-state index in [0.717, 1.165) is 0 Å². The monoisotopic (exact) mass is 430 g/mol. The van der Waals surface area contributed by atoms with Crippen LogP contribution in [0.4, 0.5) is 10.1 Å². The molecule has 0 fully saturated rings. The molecule has 3 rings (SSSR count). The average molecular weight is 431 g/mol. The van der Waals surface area contributed by atoms with E-state index >= 15 is 0 Å². The summed E-state index contributed by atoms with van der Waals surface area (Å²) in [6.07, 6.45) is 0. The zero-order chi connectivity index (χ0) is 21.7. The van der Waals surface area contributed by atoms with E-state index in [1.165, 1.54) is 6.07 Å². The third kappa shape index (κ3) is 4.52. The van der Waals surface area contributed by atoms with Gasteiger partial charge in [0, 0.05) is 21.8 Å². The van der Waals surface area contributed by atoms with Crippen LogP contribution in [0.5, 0.6) is 0 Å². The van der Waals surface area contributed by atoms with Crippen LogP contribution in [0, 0.1) is 5.82 Å². The molecular weight excluding hydrogens is 411 g/mol. The van der Waals surface area contributed by atoms with Crippen molar-refractivity contribution in [1.29, 1.82) is 0 Å². The molecule has 0 saturated carbocycles. The second-order valence-electron chi connectivity index (χ2n) is 6.25. The molecule has 1 heterocycles. The number of anilines is 1. The maximum absolute atomic E-state index is 14.5. The predicted molar refractivity (Wildman–Crippen MR) is 112 cm³/mol. The SMILES string of the molecule is CCOC(=O)C(C(=O)OCC)=C1CN=C(c2ccccc2F)c2cc(Cl)ccc2N1. The van der Waals surface area contributed by atoms with Crippen LogP contribution in [0.25, 0.3) is 0 Å². The van der Waals surface area contributed by atoms with Crippen molar-refractivity contribution in [3.05, 3.63) is 75.7 Å². The number of hydrogen-bond acceptors (Lipinski definition) is 6. The Morgan fingerprint density at radius 2 is 1.73 bits per heavy atom. The molecule has 2 aromatic rings. The van der Waals surface area contributed by atoms with E-state index in [1.807, 2.05) is 0 Å². The molecule has 0 unspecified atom stereocenters. The van der Waals surface area contributed by atoms with Crippen LogP contribution < -0.4 is 5.32 Å². The number of esters is 2. The Bertz CT molecular complexity index is 1030. The van der Waals surface area contributed by atoms with E-state index in [2.05, 4.69) is 10.3 Å². The highest BCUT2D eigenvalue weighted by Gasteiger charge is 2.29. The van der Waals surface area contributed by atoms with Gasteiger partial charge in [-0.1, -0.05) is 23.7 Å². The van der Waals surface area contributed by atoms with E-state index in [1.54, 1.807) is 50.2 Å². The van der Waals surface area contributed by atoms with Crippen LogP contribution in [0.3, 0.4) is 0 Å². The van der Waals surface area contributed by atoms with Crippen LogP contribution >= 0.6 is 11.6 Å². The number of benzene rings is 2. The molecule has 0 aromatic heterocycles. The number of hydrogen-bond donors (Lipinski definition) is 1. The Hall–Kier alpha value is -3.19. The van der Waals surface area contributed by atoms with E-state index in [-0.39, 0.29) is 36.6 Å². The number of nitrogens with zero attached hydrogens (tertiary/aromatic N) is 1. The standard InChI is InChI=1S/C22H20ClFN2O4/c1-3-29-21(27)19(22(28)30-4-2)18-12-25-20(14-7-5-6-8-16(14)24)15-11-13(23)9-10-17(15)26-18/h5-11,26H,3-4,12H2,1-2H3. The summed E-state index contributed by atoms with van der Waals surface area (Å²) in [6.45, 7) is 3.36. The molecule has 1 aliphatic heterocycles. The summed E-state index contributed by atoms with van der Waals surface area (Å²) in [7, 11) is 0. The van der Waals surface area contributed by atoms with Crippen LogP contribution in [-0.4, -0.2) is 37.4 Å². The number of rotatable bonds is 5. The lowest BCUT2D eigenvalue weighted by molar-refractivity contribution is -0.146. The van der Waals surface area contributed by atoms with Crippen molar-refractivity contribution in [2.45, 2.75) is 13.8 Å². The largest absolute Gasteiger partial charge is 0.462 e. The quantitative estimate of drug-likeness (QED) is 0.334. The molecule has 0 amide bonds. The van der Waals surface area contributed by atoms with Crippen LogP contribution in [-0.2, 0) is 19.1 Å². The summed E-state index contributed by atoms with van der Waals surface area (Å²) in [5.41, 5.74) is 1.59. The van der Waals surface area contributed by atoms with Gasteiger partial charge in [0.05, 0.1) is 31.2 Å². The van der Waals surface area contributed by atoms with Crippen molar-refractivity contribution in [3.63, 3.8) is 0 Å². The molecule has 0 radical (unpaired) electrons. The smallest absolute Gasteiger partial charge is 0.347 e. The number of aliphatic imine (C=N–C) groups is 1. The Labute approximate surface area is 178 Å². The van der Waals surface area contributed by atoms with Gasteiger partial charge in [-0.3, -0.25) is 4.99 Å². The molecule has 1 N–H and O–H groups in total. The Kier molecular flexibility index (Phi) is 6.84. The first kappa shape index (κ1) is 21.5. The van der Waals surface area contributed by atoms with Gasteiger partial charge in [0.15, 0.2) is 5.57 Å². The first-order valence-electron chi connectivity index (χ1n) is 9.39. The highest BCUT2D eigenvalue weighted by atomic mass is 35.5. The predicted octanol–water partition coefficient (Wildman–Crippen LogP) is 4.12. The van der Waals surface area contributed by atoms with Crippen LogP contribution in [0.15, 0.2) is 58.7 Å². The van der Waals surface area contributed by atoms with Gasteiger partial charge in [0.2, 0.25) is 0 Å². The molecule has 2 aromatic carbocycles. The number of benzodiazepines with no additional fused rings is 1. The van der Waals surface area contributed by atoms with Crippen LogP contribution in [0.1, 0.15) is 25.0 Å². The molecule has 0 bridgehead atoms. The maximum atomic E-state index is 14.5. The molecular formula is C22H20ClFN2O4. The van der Waals surface area contributed by atoms with Crippen molar-refractivity contribution in [2.24, 2.45) is 4.99 Å². The molecule has 156 valence electrons. The van der Waals surface area contributed by atoms with Crippen molar-refractivity contribution in [1.82, 2.24) is 0 Å². The molecule has 8 heteroatoms.